The number of fused-ring (bicyclic) bond motifs is 1. The van der Waals surface area contributed by atoms with E-state index in [2.05, 4.69) is 5.32 Å². The van der Waals surface area contributed by atoms with E-state index in [1.807, 2.05) is 0 Å². The first-order valence-electron chi connectivity index (χ1n) is 7.18. The molecule has 5 heteroatoms. The van der Waals surface area contributed by atoms with Crippen LogP contribution in [0.25, 0.3) is 10.9 Å². The quantitative estimate of drug-likeness (QED) is 0.748. The van der Waals surface area contributed by atoms with E-state index in [0.29, 0.717) is 11.3 Å². The highest BCUT2D eigenvalue weighted by Gasteiger charge is 2.09. The molecule has 1 N–H and O–H groups in total. The summed E-state index contributed by atoms with van der Waals surface area (Å²) in [7, 11) is 0. The Hall–Kier alpha value is -2.95. The van der Waals surface area contributed by atoms with Gasteiger partial charge in [0.2, 0.25) is 5.91 Å². The lowest BCUT2D eigenvalue weighted by Gasteiger charge is -2.06. The summed E-state index contributed by atoms with van der Waals surface area (Å²) in [5, 5.41) is 3.42. The summed E-state index contributed by atoms with van der Waals surface area (Å²) in [5.74, 6) is -0.508. The normalized spacial score (nSPS) is 10.7. The van der Waals surface area contributed by atoms with Crippen LogP contribution < -0.4 is 5.32 Å². The zero-order chi connectivity index (χ0) is 16.4. The maximum Gasteiger partial charge on any atom is 0.221 e. The molecule has 0 unspecified atom stereocenters. The molecule has 23 heavy (non-hydrogen) atoms. The summed E-state index contributed by atoms with van der Waals surface area (Å²) < 4.78 is 15.0. The molecule has 1 amide bonds. The minimum atomic E-state index is -0.296. The first kappa shape index (κ1) is 15.0. The lowest BCUT2D eigenvalue weighted by Crippen LogP contribution is -2.10. The number of carbonyl (C=O) groups is 2. The van der Waals surface area contributed by atoms with Crippen molar-refractivity contribution in [1.29, 1.82) is 0 Å². The summed E-state index contributed by atoms with van der Waals surface area (Å²) in [6, 6.07) is 13.0. The van der Waals surface area contributed by atoms with E-state index in [1.54, 1.807) is 47.2 Å². The van der Waals surface area contributed by atoms with Gasteiger partial charge in [-0.3, -0.25) is 9.59 Å². The number of halogens is 1. The van der Waals surface area contributed by atoms with Crippen LogP contribution in [0.3, 0.4) is 0 Å². The van der Waals surface area contributed by atoms with Crippen LogP contribution in [0.15, 0.2) is 54.7 Å². The highest BCUT2D eigenvalue weighted by molar-refractivity contribution is 5.97. The predicted octanol–water partition coefficient (Wildman–Crippen LogP) is 3.62. The third-order valence-corrected chi connectivity index (χ3v) is 3.57. The Morgan fingerprint density at radius 2 is 1.83 bits per heavy atom. The number of benzene rings is 2. The number of ketones is 1. The van der Waals surface area contributed by atoms with E-state index in [9.17, 15) is 14.0 Å². The van der Waals surface area contributed by atoms with Crippen LogP contribution in [0.5, 0.6) is 0 Å². The van der Waals surface area contributed by atoms with Crippen LogP contribution in [-0.4, -0.2) is 16.3 Å². The Balaban J connectivity index is 1.79. The maximum atomic E-state index is 13.2. The Kier molecular flexibility index (Phi) is 3.93. The second-order valence-electron chi connectivity index (χ2n) is 5.33. The highest BCUT2D eigenvalue weighted by atomic mass is 19.1. The summed E-state index contributed by atoms with van der Waals surface area (Å²) >= 11 is 0. The molecular formula is C18H15FN2O2. The minimum Gasteiger partial charge on any atom is -0.340 e. The SMILES string of the molecule is CC(=O)Nc1ccc(C(=O)Cn2ccc3cc(F)ccc32)cc1. The van der Waals surface area contributed by atoms with Crippen molar-refractivity contribution in [1.82, 2.24) is 4.57 Å². The molecule has 2 aromatic carbocycles. The summed E-state index contributed by atoms with van der Waals surface area (Å²) in [6.45, 7) is 1.60. The van der Waals surface area contributed by atoms with E-state index < -0.39 is 0 Å². The van der Waals surface area contributed by atoms with Gasteiger partial charge in [0.15, 0.2) is 5.78 Å². The maximum absolute atomic E-state index is 13.2. The third kappa shape index (κ3) is 3.29. The molecule has 1 aromatic heterocycles. The fourth-order valence-corrected chi connectivity index (χ4v) is 2.50. The molecule has 3 aromatic rings. The molecule has 0 aliphatic carbocycles. The first-order valence-corrected chi connectivity index (χ1v) is 7.18. The number of Topliss-reactive ketones (excluding diaryl/α,β-unsaturated/α-hetero) is 1. The fourth-order valence-electron chi connectivity index (χ4n) is 2.50. The molecule has 0 radical (unpaired) electrons. The highest BCUT2D eigenvalue weighted by Crippen LogP contribution is 2.18. The zero-order valence-corrected chi connectivity index (χ0v) is 12.5. The van der Waals surface area contributed by atoms with Gasteiger partial charge in [0.25, 0.3) is 0 Å². The first-order chi connectivity index (χ1) is 11.0. The number of amides is 1. The third-order valence-electron chi connectivity index (χ3n) is 3.57. The van der Waals surface area contributed by atoms with Crippen LogP contribution in [-0.2, 0) is 11.3 Å². The Labute approximate surface area is 132 Å². The van der Waals surface area contributed by atoms with Crippen molar-refractivity contribution in [2.45, 2.75) is 13.5 Å². The average Bonchev–Trinajstić information content (AvgIpc) is 2.89. The monoisotopic (exact) mass is 310 g/mol. The standard InChI is InChI=1S/C18H15FN2O2/c1-12(22)20-16-5-2-13(3-6-16)18(23)11-21-9-8-14-10-15(19)4-7-17(14)21/h2-10H,11H2,1H3,(H,20,22). The van der Waals surface area contributed by atoms with Gasteiger partial charge in [-0.25, -0.2) is 4.39 Å². The lowest BCUT2D eigenvalue weighted by molar-refractivity contribution is -0.114. The summed E-state index contributed by atoms with van der Waals surface area (Å²) in [5.41, 5.74) is 2.02. The molecule has 0 spiro atoms. The molecule has 0 bridgehead atoms. The van der Waals surface area contributed by atoms with Gasteiger partial charge in [0.1, 0.15) is 5.82 Å². The van der Waals surface area contributed by atoms with Gasteiger partial charge in [-0.15, -0.1) is 0 Å². The van der Waals surface area contributed by atoms with Gasteiger partial charge in [0, 0.05) is 35.3 Å². The van der Waals surface area contributed by atoms with Crippen LogP contribution >= 0.6 is 0 Å². The lowest BCUT2D eigenvalue weighted by atomic mass is 10.1. The Morgan fingerprint density at radius 1 is 1.09 bits per heavy atom. The van der Waals surface area contributed by atoms with Crippen LogP contribution in [0.2, 0.25) is 0 Å². The zero-order valence-electron chi connectivity index (χ0n) is 12.5. The number of carbonyl (C=O) groups excluding carboxylic acids is 2. The number of hydrogen-bond acceptors (Lipinski definition) is 2. The molecule has 4 nitrogen and oxygen atoms in total. The van der Waals surface area contributed by atoms with Crippen LogP contribution in [0, 0.1) is 5.82 Å². The van der Waals surface area contributed by atoms with Crippen molar-refractivity contribution in [3.8, 4) is 0 Å². The molecule has 0 aliphatic rings. The predicted molar refractivity (Wildman–Crippen MR) is 87.0 cm³/mol. The largest absolute Gasteiger partial charge is 0.340 e. The van der Waals surface area contributed by atoms with Gasteiger partial charge in [-0.2, -0.15) is 0 Å². The fraction of sp³-hybridized carbons (Fsp3) is 0.111. The molecule has 0 atom stereocenters. The molecule has 0 aliphatic heterocycles. The molecule has 3 rings (SSSR count). The van der Waals surface area contributed by atoms with Crippen molar-refractivity contribution in [2.75, 3.05) is 5.32 Å². The van der Waals surface area contributed by atoms with Crippen LogP contribution in [0.1, 0.15) is 17.3 Å². The Bertz CT molecular complexity index is 882. The Morgan fingerprint density at radius 3 is 2.52 bits per heavy atom. The van der Waals surface area contributed by atoms with Gasteiger partial charge in [0.05, 0.1) is 6.54 Å². The van der Waals surface area contributed by atoms with Crippen molar-refractivity contribution >= 4 is 28.3 Å². The van der Waals surface area contributed by atoms with E-state index in [4.69, 9.17) is 0 Å². The molecule has 0 saturated carbocycles. The molecule has 0 saturated heterocycles. The van der Waals surface area contributed by atoms with Crippen molar-refractivity contribution < 1.29 is 14.0 Å². The molecular weight excluding hydrogens is 295 g/mol. The second-order valence-corrected chi connectivity index (χ2v) is 5.33. The van der Waals surface area contributed by atoms with Gasteiger partial charge < -0.3 is 9.88 Å². The smallest absolute Gasteiger partial charge is 0.221 e. The second kappa shape index (κ2) is 6.04. The van der Waals surface area contributed by atoms with Gasteiger partial charge >= 0.3 is 0 Å². The molecule has 116 valence electrons. The minimum absolute atomic E-state index is 0.0544. The van der Waals surface area contributed by atoms with Crippen molar-refractivity contribution in [3.63, 3.8) is 0 Å². The van der Waals surface area contributed by atoms with Crippen molar-refractivity contribution in [3.05, 3.63) is 66.1 Å². The topological polar surface area (TPSA) is 51.1 Å². The number of nitrogens with zero attached hydrogens (tertiary/aromatic N) is 1. The van der Waals surface area contributed by atoms with E-state index in [-0.39, 0.29) is 24.1 Å². The molecule has 0 fully saturated rings. The van der Waals surface area contributed by atoms with Gasteiger partial charge in [-0.05, 0) is 48.5 Å². The summed E-state index contributed by atoms with van der Waals surface area (Å²) in [4.78, 5) is 23.4. The van der Waals surface area contributed by atoms with E-state index >= 15 is 0 Å². The average molecular weight is 310 g/mol. The van der Waals surface area contributed by atoms with E-state index in [0.717, 1.165) is 10.9 Å². The van der Waals surface area contributed by atoms with Crippen LogP contribution in [0.4, 0.5) is 10.1 Å². The number of aromatic nitrogens is 1. The number of anilines is 1. The summed E-state index contributed by atoms with van der Waals surface area (Å²) in [6.07, 6.45) is 1.77. The number of rotatable bonds is 4. The number of nitrogens with one attached hydrogen (secondary N) is 1. The molecule has 1 heterocycles. The van der Waals surface area contributed by atoms with E-state index in [1.165, 1.54) is 19.1 Å². The van der Waals surface area contributed by atoms with Gasteiger partial charge in [-0.1, -0.05) is 0 Å². The van der Waals surface area contributed by atoms with Crippen molar-refractivity contribution in [2.24, 2.45) is 0 Å². The number of hydrogen-bond donors (Lipinski definition) is 1.